The highest BCUT2D eigenvalue weighted by Gasteiger charge is 2.23. The maximum Gasteiger partial charge on any atom is 0.253 e. The Morgan fingerprint density at radius 2 is 2.00 bits per heavy atom. The Labute approximate surface area is 110 Å². The predicted molar refractivity (Wildman–Crippen MR) is 70.0 cm³/mol. The average molecular weight is 255 g/mol. The molecule has 0 aliphatic heterocycles. The second kappa shape index (κ2) is 5.01. The van der Waals surface area contributed by atoms with Crippen LogP contribution in [0.4, 0.5) is 11.6 Å². The predicted octanol–water partition coefficient (Wildman–Crippen LogP) is 1.51. The average Bonchev–Trinajstić information content (AvgIpc) is 3.24. The lowest BCUT2D eigenvalue weighted by molar-refractivity contribution is 0.0951. The molecule has 0 bridgehead atoms. The summed E-state index contributed by atoms with van der Waals surface area (Å²) in [5.41, 5.74) is 1.22. The second-order valence-electron chi connectivity index (χ2n) is 4.41. The van der Waals surface area contributed by atoms with Crippen LogP contribution in [-0.2, 0) is 0 Å². The van der Waals surface area contributed by atoms with Gasteiger partial charge in [-0.15, -0.1) is 0 Å². The van der Waals surface area contributed by atoms with Crippen molar-refractivity contribution in [2.24, 2.45) is 0 Å². The van der Waals surface area contributed by atoms with E-state index in [-0.39, 0.29) is 5.91 Å². The lowest BCUT2D eigenvalue weighted by Gasteiger charge is -2.06. The molecule has 0 unspecified atom stereocenters. The van der Waals surface area contributed by atoms with E-state index < -0.39 is 0 Å². The molecule has 2 aromatic heterocycles. The number of nitrogens with one attached hydrogen (secondary N) is 2. The molecule has 2 heterocycles. The molecule has 0 spiro atoms. The number of nitrogens with zero attached hydrogens (tertiary/aromatic N) is 3. The van der Waals surface area contributed by atoms with E-state index in [1.165, 1.54) is 0 Å². The van der Waals surface area contributed by atoms with Crippen molar-refractivity contribution in [1.82, 2.24) is 20.3 Å². The minimum Gasteiger partial charge on any atom is -0.349 e. The van der Waals surface area contributed by atoms with Gasteiger partial charge in [-0.25, -0.2) is 9.97 Å². The molecule has 2 aromatic rings. The maximum absolute atomic E-state index is 11.9. The molecule has 1 saturated carbocycles. The molecule has 1 amide bonds. The van der Waals surface area contributed by atoms with Gasteiger partial charge in [0.05, 0.1) is 17.4 Å². The molecule has 0 aromatic carbocycles. The lowest BCUT2D eigenvalue weighted by Crippen LogP contribution is -2.25. The summed E-state index contributed by atoms with van der Waals surface area (Å²) in [4.78, 5) is 24.1. The number of hydrogen-bond acceptors (Lipinski definition) is 5. The molecule has 6 nitrogen and oxygen atoms in total. The van der Waals surface area contributed by atoms with E-state index in [2.05, 4.69) is 25.6 Å². The Balaban J connectivity index is 1.73. The molecule has 96 valence electrons. The Hall–Kier alpha value is -2.50. The lowest BCUT2D eigenvalue weighted by atomic mass is 10.2. The third-order valence-corrected chi connectivity index (χ3v) is 2.73. The highest BCUT2D eigenvalue weighted by Crippen LogP contribution is 2.20. The van der Waals surface area contributed by atoms with Crippen molar-refractivity contribution in [1.29, 1.82) is 0 Å². The Kier molecular flexibility index (Phi) is 3.06. The fraction of sp³-hybridized carbons (Fsp3) is 0.231. The zero-order valence-electron chi connectivity index (χ0n) is 10.2. The van der Waals surface area contributed by atoms with Gasteiger partial charge in [-0.05, 0) is 25.0 Å². The standard InChI is InChI=1S/C13H13N5O/c19-12(17-10-2-3-10)9-6-11(8-14-7-9)18-13-15-4-1-5-16-13/h1,4-8,10H,2-3H2,(H,17,19)(H,15,16,18). The first kappa shape index (κ1) is 11.6. The van der Waals surface area contributed by atoms with Gasteiger partial charge in [0.25, 0.3) is 5.91 Å². The van der Waals surface area contributed by atoms with E-state index in [0.717, 1.165) is 12.8 Å². The molecule has 2 N–H and O–H groups in total. The fourth-order valence-corrected chi connectivity index (χ4v) is 1.62. The van der Waals surface area contributed by atoms with Crippen LogP contribution in [0.5, 0.6) is 0 Å². The zero-order valence-corrected chi connectivity index (χ0v) is 10.2. The van der Waals surface area contributed by atoms with Crippen molar-refractivity contribution in [3.63, 3.8) is 0 Å². The van der Waals surface area contributed by atoms with Crippen LogP contribution >= 0.6 is 0 Å². The van der Waals surface area contributed by atoms with E-state index in [4.69, 9.17) is 0 Å². The van der Waals surface area contributed by atoms with Crippen LogP contribution in [-0.4, -0.2) is 26.9 Å². The molecule has 3 rings (SSSR count). The van der Waals surface area contributed by atoms with Gasteiger partial charge in [0.2, 0.25) is 5.95 Å². The SMILES string of the molecule is O=C(NC1CC1)c1cncc(Nc2ncccn2)c1. The van der Waals surface area contributed by atoms with Gasteiger partial charge in [0.1, 0.15) is 0 Å². The van der Waals surface area contributed by atoms with Gasteiger partial charge in [-0.3, -0.25) is 9.78 Å². The van der Waals surface area contributed by atoms with Crippen LogP contribution in [0.25, 0.3) is 0 Å². The molecule has 0 atom stereocenters. The van der Waals surface area contributed by atoms with Crippen molar-refractivity contribution < 1.29 is 4.79 Å². The maximum atomic E-state index is 11.9. The number of rotatable bonds is 4. The highest BCUT2D eigenvalue weighted by molar-refractivity contribution is 5.95. The van der Waals surface area contributed by atoms with Crippen LogP contribution < -0.4 is 10.6 Å². The summed E-state index contributed by atoms with van der Waals surface area (Å²) in [5.74, 6) is 0.386. The van der Waals surface area contributed by atoms with Gasteiger partial charge in [-0.1, -0.05) is 0 Å². The number of pyridine rings is 1. The Morgan fingerprint density at radius 1 is 1.21 bits per heavy atom. The van der Waals surface area contributed by atoms with E-state index in [0.29, 0.717) is 23.2 Å². The Morgan fingerprint density at radius 3 is 2.74 bits per heavy atom. The van der Waals surface area contributed by atoms with Crippen LogP contribution in [0.2, 0.25) is 0 Å². The molecule has 0 saturated heterocycles. The van der Waals surface area contributed by atoms with E-state index in [9.17, 15) is 4.79 Å². The summed E-state index contributed by atoms with van der Waals surface area (Å²) < 4.78 is 0. The van der Waals surface area contributed by atoms with Crippen LogP contribution in [0, 0.1) is 0 Å². The smallest absolute Gasteiger partial charge is 0.253 e. The van der Waals surface area contributed by atoms with Gasteiger partial charge in [0, 0.05) is 24.6 Å². The van der Waals surface area contributed by atoms with Gasteiger partial charge in [0.15, 0.2) is 0 Å². The number of carbonyl (C=O) groups excluding carboxylic acids is 1. The number of hydrogen-bond donors (Lipinski definition) is 2. The number of anilines is 2. The first-order valence-electron chi connectivity index (χ1n) is 6.11. The van der Waals surface area contributed by atoms with Gasteiger partial charge < -0.3 is 10.6 Å². The van der Waals surface area contributed by atoms with Crippen molar-refractivity contribution >= 4 is 17.5 Å². The van der Waals surface area contributed by atoms with Gasteiger partial charge >= 0.3 is 0 Å². The highest BCUT2D eigenvalue weighted by atomic mass is 16.1. The van der Waals surface area contributed by atoms with Gasteiger partial charge in [-0.2, -0.15) is 0 Å². The Bertz CT molecular complexity index is 583. The minimum atomic E-state index is -0.0902. The topological polar surface area (TPSA) is 79.8 Å². The third-order valence-electron chi connectivity index (χ3n) is 2.73. The first-order valence-corrected chi connectivity index (χ1v) is 6.11. The van der Waals surface area contributed by atoms with E-state index >= 15 is 0 Å². The first-order chi connectivity index (χ1) is 9.31. The number of amides is 1. The van der Waals surface area contributed by atoms with E-state index in [1.54, 1.807) is 36.9 Å². The molecule has 19 heavy (non-hydrogen) atoms. The summed E-state index contributed by atoms with van der Waals surface area (Å²) in [5, 5.41) is 5.93. The minimum absolute atomic E-state index is 0.0902. The largest absolute Gasteiger partial charge is 0.349 e. The second-order valence-corrected chi connectivity index (χ2v) is 4.41. The third kappa shape index (κ3) is 3.04. The molecular formula is C13H13N5O. The van der Waals surface area contributed by atoms with E-state index in [1.807, 2.05) is 0 Å². The number of carbonyl (C=O) groups is 1. The van der Waals surface area contributed by atoms with Crippen LogP contribution in [0.15, 0.2) is 36.9 Å². The number of aromatic nitrogens is 3. The summed E-state index contributed by atoms with van der Waals surface area (Å²) in [6, 6.07) is 3.81. The molecule has 1 aliphatic carbocycles. The fourth-order valence-electron chi connectivity index (χ4n) is 1.62. The zero-order chi connectivity index (χ0) is 13.1. The van der Waals surface area contributed by atoms with Crippen LogP contribution in [0.3, 0.4) is 0 Å². The summed E-state index contributed by atoms with van der Waals surface area (Å²) in [6.45, 7) is 0. The van der Waals surface area contributed by atoms with Crippen molar-refractivity contribution in [3.8, 4) is 0 Å². The monoisotopic (exact) mass is 255 g/mol. The molecular weight excluding hydrogens is 242 g/mol. The molecule has 1 aliphatic rings. The van der Waals surface area contributed by atoms with Crippen molar-refractivity contribution in [2.75, 3.05) is 5.32 Å². The molecule has 6 heteroatoms. The summed E-state index contributed by atoms with van der Waals surface area (Å²) in [7, 11) is 0. The quantitative estimate of drug-likeness (QED) is 0.865. The van der Waals surface area contributed by atoms with Crippen molar-refractivity contribution in [3.05, 3.63) is 42.5 Å². The molecule has 0 radical (unpaired) electrons. The van der Waals surface area contributed by atoms with Crippen molar-refractivity contribution in [2.45, 2.75) is 18.9 Å². The molecule has 1 fully saturated rings. The summed E-state index contributed by atoms with van der Waals surface area (Å²) in [6.07, 6.45) is 8.60. The summed E-state index contributed by atoms with van der Waals surface area (Å²) >= 11 is 0. The normalized spacial score (nSPS) is 13.9. The van der Waals surface area contributed by atoms with Crippen LogP contribution in [0.1, 0.15) is 23.2 Å².